The molecule has 2 rings (SSSR count). The lowest BCUT2D eigenvalue weighted by atomic mass is 10.1. The molecule has 6 heteroatoms. The van der Waals surface area contributed by atoms with Crippen LogP contribution in [0.25, 0.3) is 0 Å². The van der Waals surface area contributed by atoms with Crippen molar-refractivity contribution in [3.8, 4) is 11.8 Å². The Morgan fingerprint density at radius 1 is 1.04 bits per heavy atom. The van der Waals surface area contributed by atoms with Crippen LogP contribution in [0.15, 0.2) is 42.5 Å². The van der Waals surface area contributed by atoms with Crippen LogP contribution in [0.1, 0.15) is 36.0 Å². The number of hydrogen-bond acceptors (Lipinski definition) is 4. The molecule has 0 bridgehead atoms. The van der Waals surface area contributed by atoms with E-state index in [0.29, 0.717) is 31.7 Å². The molecule has 0 fully saturated rings. The van der Waals surface area contributed by atoms with Crippen molar-refractivity contribution in [2.75, 3.05) is 11.9 Å². The molecule has 28 heavy (non-hydrogen) atoms. The number of aryl methyl sites for hydroxylation is 2. The number of rotatable bonds is 9. The molecule has 146 valence electrons. The van der Waals surface area contributed by atoms with Crippen LogP contribution in [0.4, 0.5) is 5.69 Å². The Balaban J connectivity index is 1.71. The van der Waals surface area contributed by atoms with Crippen molar-refractivity contribution < 1.29 is 14.3 Å². The predicted octanol–water partition coefficient (Wildman–Crippen LogP) is 3.63. The topological polar surface area (TPSA) is 91.2 Å². The minimum absolute atomic E-state index is 0.0693. The highest BCUT2D eigenvalue weighted by Gasteiger charge is 2.06. The van der Waals surface area contributed by atoms with Crippen LogP contribution < -0.4 is 15.4 Å². The fourth-order valence-corrected chi connectivity index (χ4v) is 2.70. The number of carbonyl (C=O) groups is 2. The number of ether oxygens (including phenoxy) is 1. The molecule has 6 nitrogen and oxygen atoms in total. The Morgan fingerprint density at radius 3 is 2.36 bits per heavy atom. The summed E-state index contributed by atoms with van der Waals surface area (Å²) in [6, 6.07) is 15.0. The minimum atomic E-state index is -0.303. The van der Waals surface area contributed by atoms with Crippen LogP contribution in [0.2, 0.25) is 0 Å². The Hall–Kier alpha value is -3.33. The fourth-order valence-electron chi connectivity index (χ4n) is 2.70. The van der Waals surface area contributed by atoms with Gasteiger partial charge in [0.2, 0.25) is 11.8 Å². The summed E-state index contributed by atoms with van der Waals surface area (Å²) < 4.78 is 5.81. The van der Waals surface area contributed by atoms with Crippen molar-refractivity contribution in [3.63, 3.8) is 0 Å². The number of nitrogens with one attached hydrogen (secondary N) is 2. The third-order valence-electron chi connectivity index (χ3n) is 4.17. The molecule has 0 heterocycles. The largest absolute Gasteiger partial charge is 0.493 e. The second kappa shape index (κ2) is 10.7. The summed E-state index contributed by atoms with van der Waals surface area (Å²) in [6.45, 7) is 4.85. The van der Waals surface area contributed by atoms with Gasteiger partial charge in [-0.15, -0.1) is 0 Å². The molecule has 0 aliphatic rings. The Labute approximate surface area is 165 Å². The lowest BCUT2D eigenvalue weighted by molar-refractivity contribution is -0.120. The molecule has 2 aromatic rings. The molecule has 0 unspecified atom stereocenters. The SMILES string of the molecule is Cc1cccc(C)c1OCCCC(=O)Nc1ccc(CNC(=O)CC#N)cc1. The van der Waals surface area contributed by atoms with Gasteiger partial charge in [0.25, 0.3) is 0 Å². The van der Waals surface area contributed by atoms with Crippen LogP contribution >= 0.6 is 0 Å². The summed E-state index contributed by atoms with van der Waals surface area (Å²) in [6.07, 6.45) is 0.848. The number of benzene rings is 2. The van der Waals surface area contributed by atoms with Crippen molar-refractivity contribution in [1.29, 1.82) is 5.26 Å². The van der Waals surface area contributed by atoms with Crippen molar-refractivity contribution in [1.82, 2.24) is 5.32 Å². The van der Waals surface area contributed by atoms with Crippen LogP contribution in [0.3, 0.4) is 0 Å². The van der Waals surface area contributed by atoms with E-state index in [2.05, 4.69) is 10.6 Å². The van der Waals surface area contributed by atoms with Gasteiger partial charge in [0.05, 0.1) is 12.7 Å². The first-order valence-corrected chi connectivity index (χ1v) is 9.21. The van der Waals surface area contributed by atoms with Crippen LogP contribution in [0, 0.1) is 25.2 Å². The molecule has 2 N–H and O–H groups in total. The molecule has 0 saturated heterocycles. The van der Waals surface area contributed by atoms with Gasteiger partial charge < -0.3 is 15.4 Å². The number of nitriles is 1. The molecule has 0 saturated carbocycles. The van der Waals surface area contributed by atoms with E-state index in [9.17, 15) is 9.59 Å². The maximum atomic E-state index is 12.1. The molecule has 0 radical (unpaired) electrons. The second-order valence-electron chi connectivity index (χ2n) is 6.53. The average molecular weight is 379 g/mol. The fraction of sp³-hybridized carbons (Fsp3) is 0.318. The summed E-state index contributed by atoms with van der Waals surface area (Å²) >= 11 is 0. The van der Waals surface area contributed by atoms with Gasteiger partial charge in [-0.1, -0.05) is 30.3 Å². The number of carbonyl (C=O) groups excluding carboxylic acids is 2. The number of hydrogen-bond donors (Lipinski definition) is 2. The maximum Gasteiger partial charge on any atom is 0.234 e. The summed E-state index contributed by atoms with van der Waals surface area (Å²) in [5, 5.41) is 14.0. The predicted molar refractivity (Wildman–Crippen MR) is 108 cm³/mol. The summed E-state index contributed by atoms with van der Waals surface area (Å²) in [5.41, 5.74) is 3.78. The highest BCUT2D eigenvalue weighted by Crippen LogP contribution is 2.22. The molecule has 0 atom stereocenters. The molecule has 2 aromatic carbocycles. The van der Waals surface area contributed by atoms with Crippen LogP contribution in [-0.2, 0) is 16.1 Å². The summed E-state index contributed by atoms with van der Waals surface area (Å²) in [5.74, 6) is 0.517. The molecule has 0 aliphatic heterocycles. The highest BCUT2D eigenvalue weighted by molar-refractivity contribution is 5.90. The van der Waals surface area contributed by atoms with Gasteiger partial charge in [-0.05, 0) is 49.1 Å². The quantitative estimate of drug-likeness (QED) is 0.651. The van der Waals surface area contributed by atoms with Crippen molar-refractivity contribution in [3.05, 3.63) is 59.2 Å². The van der Waals surface area contributed by atoms with Gasteiger partial charge in [-0.3, -0.25) is 9.59 Å². The lowest BCUT2D eigenvalue weighted by Crippen LogP contribution is -2.21. The van der Waals surface area contributed by atoms with E-state index in [1.54, 1.807) is 18.2 Å². The minimum Gasteiger partial charge on any atom is -0.493 e. The summed E-state index contributed by atoms with van der Waals surface area (Å²) in [7, 11) is 0. The second-order valence-corrected chi connectivity index (χ2v) is 6.53. The zero-order valence-electron chi connectivity index (χ0n) is 16.2. The van der Waals surface area contributed by atoms with E-state index in [4.69, 9.17) is 10.00 Å². The third-order valence-corrected chi connectivity index (χ3v) is 4.17. The number of amides is 2. The molecular formula is C22H25N3O3. The molecule has 0 spiro atoms. The monoisotopic (exact) mass is 379 g/mol. The van der Waals surface area contributed by atoms with Crippen LogP contribution in [-0.4, -0.2) is 18.4 Å². The van der Waals surface area contributed by atoms with Gasteiger partial charge in [0.15, 0.2) is 0 Å². The first-order valence-electron chi connectivity index (χ1n) is 9.21. The van der Waals surface area contributed by atoms with Crippen LogP contribution in [0.5, 0.6) is 5.75 Å². The highest BCUT2D eigenvalue weighted by atomic mass is 16.5. The number of anilines is 1. The van der Waals surface area contributed by atoms with Gasteiger partial charge in [-0.25, -0.2) is 0 Å². The Morgan fingerprint density at radius 2 is 1.71 bits per heavy atom. The molecule has 0 aliphatic carbocycles. The van der Waals surface area contributed by atoms with Crippen molar-refractivity contribution in [2.45, 2.75) is 39.7 Å². The first kappa shape index (κ1) is 21.0. The molecular weight excluding hydrogens is 354 g/mol. The number of nitrogens with zero attached hydrogens (tertiary/aromatic N) is 1. The molecule has 0 aromatic heterocycles. The Kier molecular flexibility index (Phi) is 8.04. The van der Waals surface area contributed by atoms with E-state index in [1.165, 1.54) is 0 Å². The number of para-hydroxylation sites is 1. The standard InChI is InChI=1S/C22H25N3O3/c1-16-5-3-6-17(2)22(16)28-14-4-7-21(27)25-19-10-8-18(9-11-19)15-24-20(26)12-13-23/h3,5-6,8-11H,4,7,12,14-15H2,1-2H3,(H,24,26)(H,25,27). The lowest BCUT2D eigenvalue weighted by Gasteiger charge is -2.12. The zero-order valence-corrected chi connectivity index (χ0v) is 16.2. The average Bonchev–Trinajstić information content (AvgIpc) is 2.67. The van der Waals surface area contributed by atoms with Gasteiger partial charge in [0, 0.05) is 18.7 Å². The molecule has 2 amide bonds. The van der Waals surface area contributed by atoms with Crippen molar-refractivity contribution >= 4 is 17.5 Å². The normalized spacial score (nSPS) is 10.0. The van der Waals surface area contributed by atoms with Gasteiger partial charge in [0.1, 0.15) is 12.2 Å². The van der Waals surface area contributed by atoms with E-state index < -0.39 is 0 Å². The Bertz CT molecular complexity index is 834. The third kappa shape index (κ3) is 6.76. The smallest absolute Gasteiger partial charge is 0.234 e. The van der Waals surface area contributed by atoms with Gasteiger partial charge >= 0.3 is 0 Å². The van der Waals surface area contributed by atoms with E-state index >= 15 is 0 Å². The first-order chi connectivity index (χ1) is 13.5. The maximum absolute atomic E-state index is 12.1. The van der Waals surface area contributed by atoms with Gasteiger partial charge in [-0.2, -0.15) is 5.26 Å². The van der Waals surface area contributed by atoms with E-state index in [1.807, 2.05) is 44.2 Å². The van der Waals surface area contributed by atoms with E-state index in [-0.39, 0.29) is 18.2 Å². The summed E-state index contributed by atoms with van der Waals surface area (Å²) in [4.78, 5) is 23.4. The van der Waals surface area contributed by atoms with Crippen molar-refractivity contribution in [2.24, 2.45) is 0 Å². The van der Waals surface area contributed by atoms with E-state index in [0.717, 1.165) is 22.4 Å². The zero-order chi connectivity index (χ0) is 20.4.